The molecule has 0 aliphatic rings. The predicted octanol–water partition coefficient (Wildman–Crippen LogP) is 7.04. The van der Waals surface area contributed by atoms with E-state index >= 15 is 26.3 Å². The summed E-state index contributed by atoms with van der Waals surface area (Å²) in [6.45, 7) is 2.13. The third kappa shape index (κ3) is 2.77. The smallest absolute Gasteiger partial charge is 0.211 e. The number of benzene rings is 4. The molecule has 0 bridgehead atoms. The summed E-state index contributed by atoms with van der Waals surface area (Å²) >= 11 is 0. The van der Waals surface area contributed by atoms with Gasteiger partial charge in [0.05, 0.1) is 0 Å². The minimum Gasteiger partial charge on any atom is -0.211 e. The topological polar surface area (TPSA) is 51.6 Å². The predicted molar refractivity (Wildman–Crippen MR) is 114 cm³/mol. The molecule has 0 N–H and O–H groups in total. The number of aromatic nitrogens is 4. The molecule has 2 aromatic heterocycles. The molecule has 0 saturated carbocycles. The molecule has 4 aromatic carbocycles. The molecule has 0 aliphatic heterocycles. The fraction of sp³-hybridized carbons (Fsp3) is 0.0833. The van der Waals surface area contributed by atoms with Crippen LogP contribution >= 0.6 is 0 Å². The van der Waals surface area contributed by atoms with Crippen molar-refractivity contribution in [1.82, 2.24) is 19.9 Å². The average molecular weight is 540 g/mol. The van der Waals surface area contributed by atoms with E-state index < -0.39 is 124 Å². The summed E-state index contributed by atoms with van der Waals surface area (Å²) in [6, 6.07) is 0. The molecule has 0 saturated heterocycles. The quantitative estimate of drug-likeness (QED) is 0.118. The lowest BCUT2D eigenvalue weighted by Gasteiger charge is -2.18. The minimum absolute atomic E-state index is 0.429. The molecule has 4 nitrogen and oxygen atoms in total. The molecule has 0 spiro atoms. The highest BCUT2D eigenvalue weighted by molar-refractivity contribution is 6.29. The van der Waals surface area contributed by atoms with Gasteiger partial charge in [0.15, 0.2) is 23.3 Å². The van der Waals surface area contributed by atoms with Gasteiger partial charge in [-0.2, -0.15) is 17.6 Å². The molecule has 0 radical (unpaired) electrons. The normalized spacial score (nSPS) is 12.2. The maximum atomic E-state index is 15.8. The molecular formula is C24H6F10N4. The Morgan fingerprint density at radius 2 is 0.500 bits per heavy atom. The summed E-state index contributed by atoms with van der Waals surface area (Å²) in [5.74, 6) is -17.9. The second-order valence-electron chi connectivity index (χ2n) is 8.39. The van der Waals surface area contributed by atoms with Crippen molar-refractivity contribution in [3.63, 3.8) is 0 Å². The molecule has 0 amide bonds. The molecule has 38 heavy (non-hydrogen) atoms. The molecule has 6 aromatic rings. The summed E-state index contributed by atoms with van der Waals surface area (Å²) in [4.78, 5) is 11.8. The largest absolute Gasteiger partial charge is 0.269 e. The van der Waals surface area contributed by atoms with Crippen LogP contribution in [0.4, 0.5) is 43.9 Å². The van der Waals surface area contributed by atoms with Crippen molar-refractivity contribution < 1.29 is 43.9 Å². The molecule has 192 valence electrons. The average Bonchev–Trinajstić information content (AvgIpc) is 2.88. The van der Waals surface area contributed by atoms with Crippen LogP contribution in [-0.4, -0.2) is 19.9 Å². The molecular weight excluding hydrogens is 534 g/mol. The Hall–Kier alpha value is -4.36. The maximum absolute atomic E-state index is 15.8. The minimum atomic E-state index is -1.98. The van der Waals surface area contributed by atoms with Crippen molar-refractivity contribution in [1.29, 1.82) is 0 Å². The summed E-state index contributed by atoms with van der Waals surface area (Å²) in [6.07, 6.45) is 0. The van der Waals surface area contributed by atoms with Crippen LogP contribution in [0.3, 0.4) is 0 Å². The Morgan fingerprint density at radius 3 is 0.711 bits per heavy atom. The first-order valence-corrected chi connectivity index (χ1v) is 10.4. The van der Waals surface area contributed by atoms with Gasteiger partial charge in [0, 0.05) is 32.3 Å². The zero-order chi connectivity index (χ0) is 27.5. The van der Waals surface area contributed by atoms with Crippen LogP contribution < -0.4 is 0 Å². The van der Waals surface area contributed by atoms with Crippen LogP contribution in [0.5, 0.6) is 0 Å². The van der Waals surface area contributed by atoms with E-state index in [0.29, 0.717) is 0 Å². The zero-order valence-electron chi connectivity index (χ0n) is 18.6. The highest BCUT2D eigenvalue weighted by atomic mass is 19.2. The summed E-state index contributed by atoms with van der Waals surface area (Å²) in [5, 5.41) is -7.22. The maximum Gasteiger partial charge on any atom is 0.269 e. The summed E-state index contributed by atoms with van der Waals surface area (Å²) in [7, 11) is 0. The number of halogens is 10. The van der Waals surface area contributed by atoms with E-state index in [1.807, 2.05) is 0 Å². The van der Waals surface area contributed by atoms with E-state index in [1.165, 1.54) is 0 Å². The molecule has 0 atom stereocenters. The van der Waals surface area contributed by atoms with Crippen molar-refractivity contribution in [3.05, 3.63) is 69.8 Å². The van der Waals surface area contributed by atoms with E-state index in [2.05, 4.69) is 19.9 Å². The lowest BCUT2D eigenvalue weighted by molar-refractivity contribution is 0.456. The third-order valence-corrected chi connectivity index (χ3v) is 6.50. The summed E-state index contributed by atoms with van der Waals surface area (Å²) in [5.41, 5.74) is -5.97. The van der Waals surface area contributed by atoms with Crippen molar-refractivity contribution in [2.75, 3.05) is 0 Å². The van der Waals surface area contributed by atoms with Crippen LogP contribution in [0.1, 0.15) is 11.1 Å². The van der Waals surface area contributed by atoms with Gasteiger partial charge in [-0.3, -0.25) is 0 Å². The Labute approximate surface area is 202 Å². The van der Waals surface area contributed by atoms with Crippen molar-refractivity contribution in [3.8, 4) is 0 Å². The third-order valence-electron chi connectivity index (χ3n) is 6.50. The van der Waals surface area contributed by atoms with Crippen LogP contribution in [0.15, 0.2) is 0 Å². The van der Waals surface area contributed by atoms with Crippen molar-refractivity contribution >= 4 is 54.4 Å². The second-order valence-corrected chi connectivity index (χ2v) is 8.39. The number of hydrogen-bond donors (Lipinski definition) is 0. The molecule has 0 aliphatic carbocycles. The Morgan fingerprint density at radius 1 is 0.316 bits per heavy atom. The van der Waals surface area contributed by atoms with Crippen LogP contribution in [0, 0.1) is 72.5 Å². The highest BCUT2D eigenvalue weighted by Gasteiger charge is 2.32. The van der Waals surface area contributed by atoms with Gasteiger partial charge in [0.25, 0.3) is 23.8 Å². The molecule has 14 heteroatoms. The van der Waals surface area contributed by atoms with E-state index in [1.54, 1.807) is 0 Å². The fourth-order valence-corrected chi connectivity index (χ4v) is 4.65. The molecule has 6 rings (SSSR count). The van der Waals surface area contributed by atoms with Crippen molar-refractivity contribution in [2.24, 2.45) is 0 Å². The van der Waals surface area contributed by atoms with Gasteiger partial charge in [0.2, 0.25) is 0 Å². The second kappa shape index (κ2) is 7.58. The van der Waals surface area contributed by atoms with E-state index in [9.17, 15) is 17.6 Å². The number of nitrogens with zero attached hydrogens (tertiary/aromatic N) is 4. The van der Waals surface area contributed by atoms with Gasteiger partial charge >= 0.3 is 0 Å². The first-order chi connectivity index (χ1) is 17.9. The Bertz CT molecular complexity index is 1960. The van der Waals surface area contributed by atoms with Crippen molar-refractivity contribution in [2.45, 2.75) is 13.8 Å². The number of rotatable bonds is 0. The first-order valence-electron chi connectivity index (χ1n) is 10.4. The van der Waals surface area contributed by atoms with E-state index in [-0.39, 0.29) is 0 Å². The van der Waals surface area contributed by atoms with Crippen LogP contribution in [0.25, 0.3) is 54.4 Å². The van der Waals surface area contributed by atoms with Gasteiger partial charge < -0.3 is 0 Å². The standard InChI is InChI=1S/C24H6F10N4/c1-3-4(2)12(26)6-5(11(3)25)7-9(15(29)19-17(13(7)27)35-21(31)23(33)37-19)10-8(6)14(28)18-20(16(10)30)38-24(34)22(32)36-18/h1-2H3. The number of hydrogen-bond acceptors (Lipinski definition) is 4. The fourth-order valence-electron chi connectivity index (χ4n) is 4.65. The first kappa shape index (κ1) is 24.0. The molecule has 0 fully saturated rings. The van der Waals surface area contributed by atoms with Crippen LogP contribution in [-0.2, 0) is 0 Å². The van der Waals surface area contributed by atoms with Gasteiger partial charge in [-0.25, -0.2) is 46.3 Å². The lowest BCUT2D eigenvalue weighted by atomic mass is 9.89. The number of fused-ring (bicyclic) bond motifs is 8. The SMILES string of the molecule is Cc1c(C)c(F)c2c(c1F)c1c(F)c3nc(F)c(F)nc3c(F)c1c1c(F)c3nc(F)c(F)nc3c(F)c21. The van der Waals surface area contributed by atoms with Gasteiger partial charge in [0.1, 0.15) is 33.7 Å². The van der Waals surface area contributed by atoms with Gasteiger partial charge in [-0.15, -0.1) is 0 Å². The van der Waals surface area contributed by atoms with E-state index in [0.717, 1.165) is 13.8 Å². The van der Waals surface area contributed by atoms with Crippen LogP contribution in [0.2, 0.25) is 0 Å². The van der Waals surface area contributed by atoms with Gasteiger partial charge in [-0.1, -0.05) is 0 Å². The zero-order valence-corrected chi connectivity index (χ0v) is 18.6. The lowest BCUT2D eigenvalue weighted by Crippen LogP contribution is -2.07. The Kier molecular flexibility index (Phi) is 4.79. The molecule has 0 unspecified atom stereocenters. The monoisotopic (exact) mass is 540 g/mol. The van der Waals surface area contributed by atoms with E-state index in [4.69, 9.17) is 0 Å². The van der Waals surface area contributed by atoms with Gasteiger partial charge in [-0.05, 0) is 25.0 Å². The highest BCUT2D eigenvalue weighted by Crippen LogP contribution is 2.46. The summed E-state index contributed by atoms with van der Waals surface area (Å²) < 4.78 is 150. The molecule has 2 heterocycles. The Balaban J connectivity index is 2.13.